The number of amides is 1. The minimum Gasteiger partial charge on any atom is -0.392 e. The van der Waals surface area contributed by atoms with Crippen molar-refractivity contribution < 1.29 is 9.90 Å². The lowest BCUT2D eigenvalue weighted by atomic mass is 9.46. The Balaban J connectivity index is 1.49. The lowest BCUT2D eigenvalue weighted by molar-refractivity contribution is -0.135. The molecule has 3 saturated carbocycles. The van der Waals surface area contributed by atoms with Crippen LogP contribution in [0.4, 0.5) is 0 Å². The second kappa shape index (κ2) is 10.7. The molecule has 0 aromatic heterocycles. The third-order valence-electron chi connectivity index (χ3n) is 11.8. The Morgan fingerprint density at radius 1 is 1.11 bits per heavy atom. The second-order valence-electron chi connectivity index (χ2n) is 14.5. The topological polar surface area (TPSA) is 52.6 Å². The molecule has 2 N–H and O–H groups in total. The fourth-order valence-electron chi connectivity index (χ4n) is 9.45. The lowest BCUT2D eigenvalue weighted by Crippen LogP contribution is -2.55. The van der Waals surface area contributed by atoms with Crippen LogP contribution in [0.3, 0.4) is 0 Å². The van der Waals surface area contributed by atoms with Crippen molar-refractivity contribution in [3.05, 3.63) is 11.6 Å². The van der Waals surface area contributed by atoms with E-state index >= 15 is 0 Å². The first kappa shape index (κ1) is 28.1. The summed E-state index contributed by atoms with van der Waals surface area (Å²) in [4.78, 5) is 15.3. The van der Waals surface area contributed by atoms with E-state index in [0.717, 1.165) is 36.0 Å². The molecule has 4 nitrogen and oxygen atoms in total. The minimum absolute atomic E-state index is 0.0260. The van der Waals surface area contributed by atoms with Crippen molar-refractivity contribution in [2.75, 3.05) is 14.1 Å². The highest BCUT2D eigenvalue weighted by atomic mass is 16.3. The van der Waals surface area contributed by atoms with Crippen molar-refractivity contribution in [1.29, 1.82) is 0 Å². The second-order valence-corrected chi connectivity index (χ2v) is 14.5. The molecule has 0 heterocycles. The Morgan fingerprint density at radius 2 is 1.83 bits per heavy atom. The molecule has 0 saturated heterocycles. The Labute approximate surface area is 222 Å². The number of aliphatic hydroxyl groups is 1. The molecule has 4 aliphatic rings. The average molecular weight is 501 g/mol. The van der Waals surface area contributed by atoms with E-state index in [2.05, 4.69) is 46.0 Å². The van der Waals surface area contributed by atoms with Crippen molar-refractivity contribution in [1.82, 2.24) is 10.2 Å². The first-order valence-corrected chi connectivity index (χ1v) is 15.2. The quantitative estimate of drug-likeness (QED) is 0.290. The molecule has 4 heteroatoms. The molecule has 0 aliphatic heterocycles. The van der Waals surface area contributed by atoms with Crippen LogP contribution in [0.1, 0.15) is 106 Å². The molecule has 4 aliphatic carbocycles. The zero-order valence-corrected chi connectivity index (χ0v) is 24.6. The van der Waals surface area contributed by atoms with E-state index in [4.69, 9.17) is 0 Å². The van der Waals surface area contributed by atoms with E-state index in [1.165, 1.54) is 56.9 Å². The molecule has 3 fully saturated rings. The molecular weight excluding hydrogens is 444 g/mol. The smallest absolute Gasteiger partial charge is 0.226 e. The summed E-state index contributed by atoms with van der Waals surface area (Å²) in [5.74, 6) is 4.45. The monoisotopic (exact) mass is 500 g/mol. The third kappa shape index (κ3) is 5.07. The summed E-state index contributed by atoms with van der Waals surface area (Å²) < 4.78 is 0. The van der Waals surface area contributed by atoms with E-state index in [9.17, 15) is 9.90 Å². The van der Waals surface area contributed by atoms with Crippen LogP contribution < -0.4 is 5.32 Å². The molecule has 2 unspecified atom stereocenters. The zero-order valence-electron chi connectivity index (χ0n) is 24.6. The van der Waals surface area contributed by atoms with Crippen LogP contribution >= 0.6 is 0 Å². The fourth-order valence-corrected chi connectivity index (χ4v) is 9.45. The lowest BCUT2D eigenvalue weighted by Gasteiger charge is -2.59. The molecule has 0 spiro atoms. The normalized spacial score (nSPS) is 41.8. The number of nitrogens with one attached hydrogen (secondary N) is 1. The van der Waals surface area contributed by atoms with Gasteiger partial charge in [0.25, 0.3) is 0 Å². The van der Waals surface area contributed by atoms with Crippen molar-refractivity contribution in [3.63, 3.8) is 0 Å². The van der Waals surface area contributed by atoms with Crippen LogP contribution in [0.15, 0.2) is 11.6 Å². The van der Waals surface area contributed by atoms with E-state index < -0.39 is 6.10 Å². The minimum atomic E-state index is -0.563. The predicted octanol–water partition coefficient (Wildman–Crippen LogP) is 6.64. The molecule has 1 amide bonds. The summed E-state index contributed by atoms with van der Waals surface area (Å²) in [5, 5.41) is 14.2. The molecule has 0 aromatic rings. The van der Waals surface area contributed by atoms with Crippen LogP contribution in [-0.2, 0) is 4.79 Å². The van der Waals surface area contributed by atoms with Gasteiger partial charge in [0, 0.05) is 0 Å². The Kier molecular flexibility index (Phi) is 8.38. The number of fused-ring (bicyclic) bond motifs is 5. The van der Waals surface area contributed by atoms with Crippen LogP contribution in [0.25, 0.3) is 0 Å². The van der Waals surface area contributed by atoms with Crippen LogP contribution in [0.5, 0.6) is 0 Å². The summed E-state index contributed by atoms with van der Waals surface area (Å²) in [6, 6.07) is 0. The van der Waals surface area contributed by atoms with Crippen LogP contribution in [0, 0.1) is 52.3 Å². The van der Waals surface area contributed by atoms with E-state index in [-0.39, 0.29) is 23.4 Å². The highest BCUT2D eigenvalue weighted by Gasteiger charge is 2.60. The van der Waals surface area contributed by atoms with E-state index in [1.54, 1.807) is 0 Å². The maximum absolute atomic E-state index is 13.3. The Morgan fingerprint density at radius 3 is 2.50 bits per heavy atom. The van der Waals surface area contributed by atoms with Gasteiger partial charge in [-0.3, -0.25) is 9.69 Å². The summed E-state index contributed by atoms with van der Waals surface area (Å²) >= 11 is 0. The number of aliphatic hydroxyl groups excluding tert-OH is 1. The maximum Gasteiger partial charge on any atom is 0.226 e. The van der Waals surface area contributed by atoms with Gasteiger partial charge >= 0.3 is 0 Å². The zero-order chi connectivity index (χ0) is 26.4. The summed E-state index contributed by atoms with van der Waals surface area (Å²) in [5.41, 5.74) is 1.97. The number of nitrogens with zero attached hydrogens (tertiary/aromatic N) is 1. The third-order valence-corrected chi connectivity index (χ3v) is 11.8. The predicted molar refractivity (Wildman–Crippen MR) is 149 cm³/mol. The number of carbonyl (C=O) groups is 1. The average Bonchev–Trinajstić information content (AvgIpc) is 3.16. The largest absolute Gasteiger partial charge is 0.392 e. The van der Waals surface area contributed by atoms with E-state index in [0.29, 0.717) is 17.8 Å². The summed E-state index contributed by atoms with van der Waals surface area (Å²) in [6.07, 6.45) is 14.1. The summed E-state index contributed by atoms with van der Waals surface area (Å²) in [7, 11) is 3.96. The first-order valence-electron chi connectivity index (χ1n) is 15.2. The molecule has 0 radical (unpaired) electrons. The van der Waals surface area contributed by atoms with Gasteiger partial charge in [-0.2, -0.15) is 0 Å². The fraction of sp³-hybridized carbons (Fsp3) is 0.906. The van der Waals surface area contributed by atoms with Gasteiger partial charge in [0.1, 0.15) is 0 Å². The van der Waals surface area contributed by atoms with Gasteiger partial charge in [0.2, 0.25) is 5.91 Å². The standard InChI is InChI=1S/C32H56N2O2/c1-20(2)10-9-11-21(3)26-14-15-27-24-13-12-23-18-29(35)25(30(36)33-22(4)34(7)8)19-32(23,6)28(24)16-17-31(26,27)5/h12,20-22,24-29,35H,9-11,13-19H2,1-8H3,(H,33,36)/t21-,22?,24+,25?,26-,27+,28+,29+,31-,32+/m1/s1. The Bertz CT molecular complexity index is 821. The highest BCUT2D eigenvalue weighted by molar-refractivity contribution is 5.80. The Hall–Kier alpha value is -0.870. The molecule has 0 aromatic carbocycles. The van der Waals surface area contributed by atoms with Gasteiger partial charge in [0.05, 0.1) is 18.2 Å². The summed E-state index contributed by atoms with van der Waals surface area (Å²) in [6.45, 7) is 14.4. The molecule has 0 bridgehead atoms. The number of rotatable bonds is 8. The number of allylic oxidation sites excluding steroid dienone is 1. The van der Waals surface area contributed by atoms with Crippen molar-refractivity contribution in [2.45, 2.75) is 118 Å². The van der Waals surface area contributed by atoms with Crippen molar-refractivity contribution in [2.24, 2.45) is 52.3 Å². The van der Waals surface area contributed by atoms with E-state index in [1.807, 2.05) is 25.9 Å². The van der Waals surface area contributed by atoms with Crippen LogP contribution in [-0.4, -0.2) is 42.3 Å². The van der Waals surface area contributed by atoms with Gasteiger partial charge in [-0.15, -0.1) is 0 Å². The SMILES string of the molecule is CC(C)CCC[C@@H](C)[C@H]1CC[C@H]2[C@@H]3CC=C4C[C@H](O)C(C(=O)NC(C)N(C)C)C[C@]4(C)[C@H]3CC[C@]12C. The number of hydrogen-bond donors (Lipinski definition) is 2. The molecular formula is C32H56N2O2. The van der Waals surface area contributed by atoms with Gasteiger partial charge in [-0.25, -0.2) is 0 Å². The van der Waals surface area contributed by atoms with Gasteiger partial charge in [-0.05, 0) is 112 Å². The first-order chi connectivity index (χ1) is 16.9. The highest BCUT2D eigenvalue weighted by Crippen LogP contribution is 2.67. The number of hydrogen-bond acceptors (Lipinski definition) is 3. The molecule has 206 valence electrons. The van der Waals surface area contributed by atoms with Crippen molar-refractivity contribution in [3.8, 4) is 0 Å². The maximum atomic E-state index is 13.3. The number of carbonyl (C=O) groups excluding carboxylic acids is 1. The van der Waals surface area contributed by atoms with Crippen LogP contribution in [0.2, 0.25) is 0 Å². The van der Waals surface area contributed by atoms with Gasteiger partial charge in [-0.1, -0.05) is 65.5 Å². The molecule has 4 rings (SSSR count). The van der Waals surface area contributed by atoms with Gasteiger partial charge in [0.15, 0.2) is 0 Å². The molecule has 10 atom stereocenters. The van der Waals surface area contributed by atoms with Crippen molar-refractivity contribution >= 4 is 5.91 Å². The van der Waals surface area contributed by atoms with Gasteiger partial charge < -0.3 is 10.4 Å². The molecule has 36 heavy (non-hydrogen) atoms.